The summed E-state index contributed by atoms with van der Waals surface area (Å²) in [7, 11) is 0. The number of hydrogen-bond donors (Lipinski definition) is 2. The average molecular weight is 362 g/mol. The molecule has 22 heavy (non-hydrogen) atoms. The summed E-state index contributed by atoms with van der Waals surface area (Å²) in [5.74, 6) is -0.573. The van der Waals surface area contributed by atoms with Crippen LogP contribution in [0.5, 0.6) is 0 Å². The highest BCUT2D eigenvalue weighted by Crippen LogP contribution is 2.21. The molecule has 2 N–H and O–H groups in total. The number of nitrogens with zero attached hydrogens (tertiary/aromatic N) is 1. The minimum Gasteiger partial charge on any atom is -0.352 e. The van der Waals surface area contributed by atoms with E-state index in [0.29, 0.717) is 17.8 Å². The van der Waals surface area contributed by atoms with Crippen molar-refractivity contribution in [3.8, 4) is 0 Å². The van der Waals surface area contributed by atoms with Gasteiger partial charge in [0.25, 0.3) is 11.8 Å². The highest BCUT2D eigenvalue weighted by Gasteiger charge is 2.12. The fourth-order valence-electron chi connectivity index (χ4n) is 1.79. The van der Waals surface area contributed by atoms with Crippen molar-refractivity contribution in [2.45, 2.75) is 13.3 Å². The van der Waals surface area contributed by atoms with Crippen LogP contribution in [0.15, 0.2) is 47.1 Å². The van der Waals surface area contributed by atoms with E-state index in [0.717, 1.165) is 10.9 Å². The van der Waals surface area contributed by atoms with Crippen molar-refractivity contribution in [2.75, 3.05) is 11.9 Å². The molecular weight excluding hydrogens is 346 g/mol. The molecule has 0 aliphatic heterocycles. The number of nitrogens with one attached hydrogen (secondary N) is 2. The highest BCUT2D eigenvalue weighted by atomic mass is 79.9. The maximum Gasteiger partial charge on any atom is 0.274 e. The molecular formula is C16H16BrN3O2. The molecule has 0 spiro atoms. The van der Waals surface area contributed by atoms with Crippen molar-refractivity contribution in [3.05, 3.63) is 58.3 Å². The number of halogens is 1. The molecule has 2 amide bonds. The smallest absolute Gasteiger partial charge is 0.274 e. The van der Waals surface area contributed by atoms with Crippen LogP contribution in [0.4, 0.5) is 5.69 Å². The fourth-order valence-corrected chi connectivity index (χ4v) is 2.17. The molecule has 0 saturated carbocycles. The number of rotatable bonds is 5. The number of carbonyl (C=O) groups excluding carboxylic acids is 2. The molecule has 114 valence electrons. The number of benzene rings is 1. The number of hydrogen-bond acceptors (Lipinski definition) is 3. The zero-order valence-electron chi connectivity index (χ0n) is 12.1. The van der Waals surface area contributed by atoms with Gasteiger partial charge in [-0.1, -0.05) is 19.1 Å². The van der Waals surface area contributed by atoms with Crippen molar-refractivity contribution < 1.29 is 9.59 Å². The van der Waals surface area contributed by atoms with E-state index in [-0.39, 0.29) is 17.5 Å². The Balaban J connectivity index is 2.13. The summed E-state index contributed by atoms with van der Waals surface area (Å²) in [5.41, 5.74) is 1.26. The van der Waals surface area contributed by atoms with Gasteiger partial charge in [0.15, 0.2) is 0 Å². The Morgan fingerprint density at radius 2 is 1.95 bits per heavy atom. The lowest BCUT2D eigenvalue weighted by molar-refractivity contribution is 0.0953. The minimum atomic E-state index is -0.364. The van der Waals surface area contributed by atoms with Crippen molar-refractivity contribution in [1.29, 1.82) is 0 Å². The number of para-hydroxylation sites is 1. The van der Waals surface area contributed by atoms with Crippen LogP contribution >= 0.6 is 15.9 Å². The third-order valence-corrected chi connectivity index (χ3v) is 3.60. The van der Waals surface area contributed by atoms with Gasteiger partial charge in [-0.25, -0.2) is 0 Å². The zero-order valence-corrected chi connectivity index (χ0v) is 13.7. The number of amides is 2. The first-order valence-electron chi connectivity index (χ1n) is 6.92. The van der Waals surface area contributed by atoms with E-state index in [1.807, 2.05) is 25.1 Å². The first-order chi connectivity index (χ1) is 10.6. The summed E-state index contributed by atoms with van der Waals surface area (Å²) in [4.78, 5) is 28.2. The maximum absolute atomic E-state index is 12.2. The quantitative estimate of drug-likeness (QED) is 0.858. The molecule has 0 atom stereocenters. The van der Waals surface area contributed by atoms with Crippen LogP contribution in [-0.4, -0.2) is 23.3 Å². The molecule has 0 saturated heterocycles. The van der Waals surface area contributed by atoms with Crippen LogP contribution < -0.4 is 10.6 Å². The van der Waals surface area contributed by atoms with Crippen LogP contribution in [0.3, 0.4) is 0 Å². The van der Waals surface area contributed by atoms with Gasteiger partial charge in [0.05, 0.1) is 5.69 Å². The lowest BCUT2D eigenvalue weighted by atomic mass is 10.2. The molecule has 0 aliphatic carbocycles. The first-order valence-corrected chi connectivity index (χ1v) is 7.71. The largest absolute Gasteiger partial charge is 0.352 e. The minimum absolute atomic E-state index is 0.194. The molecule has 0 fully saturated rings. The Bertz CT molecular complexity index is 689. The Morgan fingerprint density at radius 3 is 2.68 bits per heavy atom. The molecule has 1 heterocycles. The summed E-state index contributed by atoms with van der Waals surface area (Å²) >= 11 is 3.36. The van der Waals surface area contributed by atoms with E-state index >= 15 is 0 Å². The third kappa shape index (κ3) is 4.14. The van der Waals surface area contributed by atoms with Gasteiger partial charge >= 0.3 is 0 Å². The summed E-state index contributed by atoms with van der Waals surface area (Å²) in [6.07, 6.45) is 2.31. The second kappa shape index (κ2) is 7.70. The van der Waals surface area contributed by atoms with Crippen LogP contribution in [-0.2, 0) is 0 Å². The van der Waals surface area contributed by atoms with Gasteiger partial charge in [-0.3, -0.25) is 14.6 Å². The van der Waals surface area contributed by atoms with Gasteiger partial charge in [0.2, 0.25) is 0 Å². The summed E-state index contributed by atoms with van der Waals surface area (Å²) in [6, 6.07) is 10.4. The molecule has 0 bridgehead atoms. The van der Waals surface area contributed by atoms with Crippen molar-refractivity contribution >= 4 is 33.4 Å². The van der Waals surface area contributed by atoms with E-state index in [9.17, 15) is 9.59 Å². The van der Waals surface area contributed by atoms with E-state index in [2.05, 4.69) is 31.5 Å². The lowest BCUT2D eigenvalue weighted by Crippen LogP contribution is -2.24. The van der Waals surface area contributed by atoms with Gasteiger partial charge in [0.1, 0.15) is 5.69 Å². The van der Waals surface area contributed by atoms with Gasteiger partial charge in [0, 0.05) is 22.8 Å². The Labute approximate surface area is 137 Å². The van der Waals surface area contributed by atoms with E-state index < -0.39 is 0 Å². The zero-order chi connectivity index (χ0) is 15.9. The summed E-state index contributed by atoms with van der Waals surface area (Å²) in [6.45, 7) is 2.57. The van der Waals surface area contributed by atoms with Gasteiger partial charge in [-0.2, -0.15) is 0 Å². The molecule has 2 aromatic rings. The molecule has 5 nitrogen and oxygen atoms in total. The van der Waals surface area contributed by atoms with Crippen molar-refractivity contribution in [3.63, 3.8) is 0 Å². The topological polar surface area (TPSA) is 71.1 Å². The Kier molecular flexibility index (Phi) is 5.66. The van der Waals surface area contributed by atoms with E-state index in [4.69, 9.17) is 0 Å². The van der Waals surface area contributed by atoms with Crippen molar-refractivity contribution in [1.82, 2.24) is 10.3 Å². The number of anilines is 1. The van der Waals surface area contributed by atoms with Gasteiger partial charge in [-0.15, -0.1) is 0 Å². The normalized spacial score (nSPS) is 10.1. The molecule has 1 aromatic heterocycles. The predicted octanol–water partition coefficient (Wildman–Crippen LogP) is 3.24. The van der Waals surface area contributed by atoms with Crippen molar-refractivity contribution in [2.24, 2.45) is 0 Å². The monoisotopic (exact) mass is 361 g/mol. The first kappa shape index (κ1) is 16.2. The SMILES string of the molecule is CCCNC(=O)c1ccnc(C(=O)Nc2ccccc2Br)c1. The van der Waals surface area contributed by atoms with Crippen LogP contribution in [0, 0.1) is 0 Å². The molecule has 0 radical (unpaired) electrons. The predicted molar refractivity (Wildman–Crippen MR) is 89.0 cm³/mol. The molecule has 2 rings (SSSR count). The van der Waals surface area contributed by atoms with Gasteiger partial charge in [-0.05, 0) is 46.6 Å². The van der Waals surface area contributed by atoms with Crippen LogP contribution in [0.1, 0.15) is 34.2 Å². The Hall–Kier alpha value is -2.21. The summed E-state index contributed by atoms with van der Waals surface area (Å²) < 4.78 is 0.778. The van der Waals surface area contributed by atoms with Gasteiger partial charge < -0.3 is 10.6 Å². The number of aromatic nitrogens is 1. The standard InChI is InChI=1S/C16H16BrN3O2/c1-2-8-19-15(21)11-7-9-18-14(10-11)16(22)20-13-6-4-3-5-12(13)17/h3-7,9-10H,2,8H2,1H3,(H,19,21)(H,20,22). The molecule has 0 aliphatic rings. The van der Waals surface area contributed by atoms with E-state index in [1.54, 1.807) is 12.1 Å². The summed E-state index contributed by atoms with van der Waals surface area (Å²) in [5, 5.41) is 5.52. The lowest BCUT2D eigenvalue weighted by Gasteiger charge is -2.08. The fraction of sp³-hybridized carbons (Fsp3) is 0.188. The second-order valence-corrected chi connectivity index (χ2v) is 5.47. The molecule has 6 heteroatoms. The average Bonchev–Trinajstić information content (AvgIpc) is 2.54. The van der Waals surface area contributed by atoms with Crippen LogP contribution in [0.2, 0.25) is 0 Å². The molecule has 1 aromatic carbocycles. The second-order valence-electron chi connectivity index (χ2n) is 4.62. The third-order valence-electron chi connectivity index (χ3n) is 2.91. The highest BCUT2D eigenvalue weighted by molar-refractivity contribution is 9.10. The molecule has 0 unspecified atom stereocenters. The van der Waals surface area contributed by atoms with Crippen LogP contribution in [0.25, 0.3) is 0 Å². The number of pyridine rings is 1. The maximum atomic E-state index is 12.2. The van der Waals surface area contributed by atoms with E-state index in [1.165, 1.54) is 12.3 Å². The Morgan fingerprint density at radius 1 is 1.18 bits per heavy atom. The number of carbonyl (C=O) groups is 2.